The molecule has 86 valence electrons. The molecule has 6 nitrogen and oxygen atoms in total. The third-order valence-electron chi connectivity index (χ3n) is 1.74. The zero-order valence-electron chi connectivity index (χ0n) is 8.33. The average Bonchev–Trinajstić information content (AvgIpc) is 2.19. The molecule has 0 aliphatic rings. The number of rotatable bonds is 7. The first-order valence-electron chi connectivity index (χ1n) is 4.32. The molecule has 0 amide bonds. The molecule has 0 saturated heterocycles. The second-order valence-corrected chi connectivity index (χ2v) is 2.96. The molecule has 6 heteroatoms. The molecule has 0 spiro atoms. The van der Waals surface area contributed by atoms with Crippen LogP contribution in [0.15, 0.2) is 0 Å². The maximum atomic E-state index is 9.36. The van der Waals surface area contributed by atoms with Gasteiger partial charge in [0.15, 0.2) is 6.29 Å². The van der Waals surface area contributed by atoms with Crippen LogP contribution >= 0.6 is 0 Å². The van der Waals surface area contributed by atoms with Crippen LogP contribution in [-0.4, -0.2) is 65.4 Å². The van der Waals surface area contributed by atoms with Gasteiger partial charge in [-0.25, -0.2) is 0 Å². The third kappa shape index (κ3) is 4.32. The van der Waals surface area contributed by atoms with E-state index in [0.29, 0.717) is 0 Å². The van der Waals surface area contributed by atoms with Gasteiger partial charge in [-0.15, -0.1) is 0 Å². The molecule has 14 heavy (non-hydrogen) atoms. The molecule has 3 atom stereocenters. The molecule has 0 aliphatic carbocycles. The predicted molar refractivity (Wildman–Crippen MR) is 47.5 cm³/mol. The van der Waals surface area contributed by atoms with E-state index >= 15 is 0 Å². The van der Waals surface area contributed by atoms with Crippen molar-refractivity contribution in [2.75, 3.05) is 20.3 Å². The smallest absolute Gasteiger partial charge is 0.186 e. The minimum atomic E-state index is -1.22. The van der Waals surface area contributed by atoms with E-state index in [1.165, 1.54) is 14.0 Å². The molecule has 0 bridgehead atoms. The number of ether oxygens (including phenoxy) is 2. The average molecular weight is 210 g/mol. The summed E-state index contributed by atoms with van der Waals surface area (Å²) in [6.07, 6.45) is -4.13. The lowest BCUT2D eigenvalue weighted by Gasteiger charge is -2.26. The normalized spacial score (nSPS) is 18.2. The Kier molecular flexibility index (Phi) is 6.98. The van der Waals surface area contributed by atoms with E-state index in [1.54, 1.807) is 0 Å². The highest BCUT2D eigenvalue weighted by atomic mass is 16.7. The van der Waals surface area contributed by atoms with Crippen LogP contribution in [0.4, 0.5) is 0 Å². The summed E-state index contributed by atoms with van der Waals surface area (Å²) in [5.74, 6) is 0. The highest BCUT2D eigenvalue weighted by molar-refractivity contribution is 4.68. The van der Waals surface area contributed by atoms with E-state index in [2.05, 4.69) is 0 Å². The molecule has 0 aromatic heterocycles. The Labute approximate surface area is 82.7 Å². The molecule has 0 aliphatic heterocycles. The van der Waals surface area contributed by atoms with Crippen LogP contribution in [0.1, 0.15) is 6.92 Å². The first-order valence-corrected chi connectivity index (χ1v) is 4.32. The Morgan fingerprint density at radius 1 is 1.14 bits per heavy atom. The minimum absolute atomic E-state index is 0.386. The van der Waals surface area contributed by atoms with Crippen molar-refractivity contribution in [2.24, 2.45) is 0 Å². The Morgan fingerprint density at radius 3 is 1.93 bits per heavy atom. The van der Waals surface area contributed by atoms with Gasteiger partial charge in [0.05, 0.1) is 19.3 Å². The summed E-state index contributed by atoms with van der Waals surface area (Å²) in [6.45, 7) is 0.610. The maximum absolute atomic E-state index is 9.36. The second kappa shape index (κ2) is 7.10. The molecule has 4 N–H and O–H groups in total. The molecular formula is C8H18O6. The summed E-state index contributed by atoms with van der Waals surface area (Å²) in [7, 11) is 1.29. The molecule has 0 rings (SSSR count). The Balaban J connectivity index is 4.12. The molecule has 0 heterocycles. The Bertz CT molecular complexity index is 136. The van der Waals surface area contributed by atoms with Gasteiger partial charge in [0.25, 0.3) is 0 Å². The van der Waals surface area contributed by atoms with Crippen LogP contribution in [0.25, 0.3) is 0 Å². The predicted octanol–water partition coefficient (Wildman–Crippen LogP) is -1.93. The van der Waals surface area contributed by atoms with Gasteiger partial charge in [-0.3, -0.25) is 0 Å². The van der Waals surface area contributed by atoms with Gasteiger partial charge in [0.2, 0.25) is 0 Å². The summed E-state index contributed by atoms with van der Waals surface area (Å²) < 4.78 is 9.74. The van der Waals surface area contributed by atoms with Crippen molar-refractivity contribution in [3.8, 4) is 0 Å². The fraction of sp³-hybridized carbons (Fsp3) is 1.00. The molecular weight excluding hydrogens is 192 g/mol. The van der Waals surface area contributed by atoms with Crippen LogP contribution in [0, 0.1) is 0 Å². The summed E-state index contributed by atoms with van der Waals surface area (Å²) in [5.41, 5.74) is 0. The molecule has 0 saturated carbocycles. The standard InChI is InChI=1S/C8H18O6/c1-5(11)7(12)8(13-2)14-6(3-9)4-10/h5-12H,3-4H2,1-2H3. The Morgan fingerprint density at radius 2 is 1.64 bits per heavy atom. The third-order valence-corrected chi connectivity index (χ3v) is 1.74. The maximum Gasteiger partial charge on any atom is 0.186 e. The SMILES string of the molecule is COC(OC(CO)CO)C(O)C(C)O. The van der Waals surface area contributed by atoms with Crippen LogP contribution in [0.2, 0.25) is 0 Å². The Hall–Kier alpha value is -0.240. The van der Waals surface area contributed by atoms with Gasteiger partial charge in [0, 0.05) is 7.11 Å². The zero-order chi connectivity index (χ0) is 11.1. The largest absolute Gasteiger partial charge is 0.394 e. The van der Waals surface area contributed by atoms with Crippen molar-refractivity contribution in [2.45, 2.75) is 31.5 Å². The van der Waals surface area contributed by atoms with Gasteiger partial charge >= 0.3 is 0 Å². The lowest BCUT2D eigenvalue weighted by Crippen LogP contribution is -2.42. The quantitative estimate of drug-likeness (QED) is 0.365. The number of hydrogen-bond donors (Lipinski definition) is 4. The molecule has 3 unspecified atom stereocenters. The highest BCUT2D eigenvalue weighted by Gasteiger charge is 2.26. The van der Waals surface area contributed by atoms with Gasteiger partial charge in [0.1, 0.15) is 12.2 Å². The molecule has 0 radical (unpaired) electrons. The van der Waals surface area contributed by atoms with Crippen molar-refractivity contribution < 1.29 is 29.9 Å². The molecule has 0 aromatic carbocycles. The fourth-order valence-corrected chi connectivity index (χ4v) is 0.836. The van der Waals surface area contributed by atoms with Gasteiger partial charge in [-0.05, 0) is 6.92 Å². The summed E-state index contributed by atoms with van der Waals surface area (Å²) in [6, 6.07) is 0. The van der Waals surface area contributed by atoms with Crippen molar-refractivity contribution in [1.29, 1.82) is 0 Å². The highest BCUT2D eigenvalue weighted by Crippen LogP contribution is 2.08. The van der Waals surface area contributed by atoms with Crippen molar-refractivity contribution in [3.63, 3.8) is 0 Å². The number of aliphatic hydroxyl groups is 4. The van der Waals surface area contributed by atoms with E-state index in [-0.39, 0.29) is 13.2 Å². The van der Waals surface area contributed by atoms with E-state index in [4.69, 9.17) is 24.8 Å². The molecule has 0 aromatic rings. The lowest BCUT2D eigenvalue weighted by atomic mass is 10.2. The first kappa shape index (κ1) is 13.8. The van der Waals surface area contributed by atoms with E-state index in [0.717, 1.165) is 0 Å². The van der Waals surface area contributed by atoms with Crippen LogP contribution in [0.5, 0.6) is 0 Å². The summed E-state index contributed by atoms with van der Waals surface area (Å²) in [5, 5.41) is 35.8. The first-order chi connectivity index (χ1) is 6.56. The van der Waals surface area contributed by atoms with Gasteiger partial charge in [-0.2, -0.15) is 0 Å². The summed E-state index contributed by atoms with van der Waals surface area (Å²) in [4.78, 5) is 0. The van der Waals surface area contributed by atoms with Gasteiger partial charge < -0.3 is 29.9 Å². The number of methoxy groups -OCH3 is 1. The van der Waals surface area contributed by atoms with Crippen molar-refractivity contribution >= 4 is 0 Å². The lowest BCUT2D eigenvalue weighted by molar-refractivity contribution is -0.230. The molecule has 0 fully saturated rings. The van der Waals surface area contributed by atoms with Gasteiger partial charge in [-0.1, -0.05) is 0 Å². The minimum Gasteiger partial charge on any atom is -0.394 e. The van der Waals surface area contributed by atoms with Crippen LogP contribution in [0.3, 0.4) is 0 Å². The number of aliphatic hydroxyl groups excluding tert-OH is 4. The van der Waals surface area contributed by atoms with E-state index in [9.17, 15) is 5.11 Å². The van der Waals surface area contributed by atoms with Crippen LogP contribution in [-0.2, 0) is 9.47 Å². The topological polar surface area (TPSA) is 99.4 Å². The second-order valence-electron chi connectivity index (χ2n) is 2.96. The summed E-state index contributed by atoms with van der Waals surface area (Å²) >= 11 is 0. The monoisotopic (exact) mass is 210 g/mol. The van der Waals surface area contributed by atoms with Crippen molar-refractivity contribution in [1.82, 2.24) is 0 Å². The van der Waals surface area contributed by atoms with Crippen LogP contribution < -0.4 is 0 Å². The van der Waals surface area contributed by atoms with Crippen molar-refractivity contribution in [3.05, 3.63) is 0 Å². The zero-order valence-corrected chi connectivity index (χ0v) is 8.33. The van der Waals surface area contributed by atoms with E-state index < -0.39 is 24.6 Å². The fourth-order valence-electron chi connectivity index (χ4n) is 0.836. The number of hydrogen-bond acceptors (Lipinski definition) is 6. The van der Waals surface area contributed by atoms with E-state index in [1.807, 2.05) is 0 Å².